The summed E-state index contributed by atoms with van der Waals surface area (Å²) in [6.45, 7) is 6.60. The van der Waals surface area contributed by atoms with Crippen LogP contribution in [0.3, 0.4) is 0 Å². The fourth-order valence-corrected chi connectivity index (χ4v) is 1.06. The molecular formula is C10H14N2. The molecule has 1 rings (SSSR count). The third-order valence-electron chi connectivity index (χ3n) is 1.68. The molecule has 1 aromatic heterocycles. The molecule has 1 aromatic rings. The van der Waals surface area contributed by atoms with E-state index in [2.05, 4.69) is 17.6 Å². The Kier molecular flexibility index (Phi) is 2.86. The summed E-state index contributed by atoms with van der Waals surface area (Å²) in [5.74, 6) is 0. The van der Waals surface area contributed by atoms with Crippen LogP contribution in [0.1, 0.15) is 11.1 Å². The Morgan fingerprint density at radius 1 is 1.58 bits per heavy atom. The maximum absolute atomic E-state index is 4.11. The SMILES string of the molecule is C=CN(C)Cc1cncc(C)c1. The summed E-state index contributed by atoms with van der Waals surface area (Å²) >= 11 is 0. The predicted octanol–water partition coefficient (Wildman–Crippen LogP) is 1.97. The van der Waals surface area contributed by atoms with Crippen molar-refractivity contribution >= 4 is 0 Å². The van der Waals surface area contributed by atoms with Crippen LogP contribution in [0, 0.1) is 6.92 Å². The van der Waals surface area contributed by atoms with E-state index in [-0.39, 0.29) is 0 Å². The van der Waals surface area contributed by atoms with Gasteiger partial charge in [-0.15, -0.1) is 0 Å². The van der Waals surface area contributed by atoms with Gasteiger partial charge in [-0.1, -0.05) is 12.6 Å². The molecule has 0 spiro atoms. The Bertz CT molecular complexity index is 268. The molecule has 0 amide bonds. The van der Waals surface area contributed by atoms with Crippen molar-refractivity contribution in [3.63, 3.8) is 0 Å². The molecule has 0 atom stereocenters. The van der Waals surface area contributed by atoms with Gasteiger partial charge in [0.2, 0.25) is 0 Å². The zero-order chi connectivity index (χ0) is 8.97. The second kappa shape index (κ2) is 3.90. The lowest BCUT2D eigenvalue weighted by Gasteiger charge is -2.12. The van der Waals surface area contributed by atoms with Gasteiger partial charge in [0, 0.05) is 26.0 Å². The van der Waals surface area contributed by atoms with E-state index in [4.69, 9.17) is 0 Å². The van der Waals surface area contributed by atoms with Crippen LogP contribution in [-0.4, -0.2) is 16.9 Å². The molecule has 0 radical (unpaired) electrons. The van der Waals surface area contributed by atoms with E-state index < -0.39 is 0 Å². The molecule has 0 saturated heterocycles. The van der Waals surface area contributed by atoms with Crippen LogP contribution < -0.4 is 0 Å². The lowest BCUT2D eigenvalue weighted by molar-refractivity contribution is 0.451. The summed E-state index contributed by atoms with van der Waals surface area (Å²) in [5.41, 5.74) is 2.42. The third kappa shape index (κ3) is 2.38. The molecule has 0 aliphatic heterocycles. The van der Waals surface area contributed by atoms with Gasteiger partial charge >= 0.3 is 0 Å². The van der Waals surface area contributed by atoms with E-state index in [9.17, 15) is 0 Å². The van der Waals surface area contributed by atoms with Crippen molar-refractivity contribution < 1.29 is 0 Å². The van der Waals surface area contributed by atoms with Crippen molar-refractivity contribution in [2.75, 3.05) is 7.05 Å². The molecule has 0 aromatic carbocycles. The number of pyridine rings is 1. The highest BCUT2D eigenvalue weighted by Gasteiger charge is 1.95. The van der Waals surface area contributed by atoms with Crippen molar-refractivity contribution in [1.29, 1.82) is 0 Å². The molecule has 12 heavy (non-hydrogen) atoms. The maximum Gasteiger partial charge on any atom is 0.0435 e. The van der Waals surface area contributed by atoms with E-state index in [0.717, 1.165) is 6.54 Å². The molecule has 1 heterocycles. The molecular weight excluding hydrogens is 148 g/mol. The average Bonchev–Trinajstić information content (AvgIpc) is 2.04. The first-order valence-corrected chi connectivity index (χ1v) is 3.95. The minimum Gasteiger partial charge on any atom is -0.377 e. The molecule has 2 nitrogen and oxygen atoms in total. The van der Waals surface area contributed by atoms with Crippen LogP contribution in [0.25, 0.3) is 0 Å². The van der Waals surface area contributed by atoms with E-state index in [1.807, 2.05) is 37.5 Å². The number of nitrogens with zero attached hydrogens (tertiary/aromatic N) is 2. The summed E-state index contributed by atoms with van der Waals surface area (Å²) < 4.78 is 0. The molecule has 2 heteroatoms. The summed E-state index contributed by atoms with van der Waals surface area (Å²) in [6, 6.07) is 2.13. The molecule has 0 fully saturated rings. The van der Waals surface area contributed by atoms with Crippen molar-refractivity contribution in [3.8, 4) is 0 Å². The highest BCUT2D eigenvalue weighted by Crippen LogP contribution is 2.03. The maximum atomic E-state index is 4.11. The second-order valence-electron chi connectivity index (χ2n) is 2.97. The number of aryl methyl sites for hydroxylation is 1. The first-order chi connectivity index (χ1) is 5.72. The van der Waals surface area contributed by atoms with Crippen LogP contribution in [0.4, 0.5) is 0 Å². The summed E-state index contributed by atoms with van der Waals surface area (Å²) in [7, 11) is 2.00. The van der Waals surface area contributed by atoms with Gasteiger partial charge in [-0.3, -0.25) is 4.98 Å². The lowest BCUT2D eigenvalue weighted by atomic mass is 10.2. The molecule has 0 bridgehead atoms. The summed E-state index contributed by atoms with van der Waals surface area (Å²) in [6.07, 6.45) is 5.55. The minimum absolute atomic E-state index is 0.873. The Labute approximate surface area is 73.5 Å². The van der Waals surface area contributed by atoms with Crippen LogP contribution in [0.2, 0.25) is 0 Å². The normalized spacial score (nSPS) is 9.50. The van der Waals surface area contributed by atoms with Gasteiger partial charge in [-0.25, -0.2) is 0 Å². The van der Waals surface area contributed by atoms with Crippen LogP contribution in [-0.2, 0) is 6.54 Å². The van der Waals surface area contributed by atoms with Crippen LogP contribution in [0.15, 0.2) is 31.2 Å². The monoisotopic (exact) mass is 162 g/mol. The van der Waals surface area contributed by atoms with Crippen molar-refractivity contribution in [3.05, 3.63) is 42.4 Å². The molecule has 0 aliphatic rings. The predicted molar refractivity (Wildman–Crippen MR) is 50.6 cm³/mol. The first-order valence-electron chi connectivity index (χ1n) is 3.95. The van der Waals surface area contributed by atoms with E-state index in [1.165, 1.54) is 11.1 Å². The number of hydrogen-bond donors (Lipinski definition) is 0. The van der Waals surface area contributed by atoms with Crippen molar-refractivity contribution in [2.45, 2.75) is 13.5 Å². The fraction of sp³-hybridized carbons (Fsp3) is 0.300. The highest BCUT2D eigenvalue weighted by atomic mass is 15.1. The standard InChI is InChI=1S/C10H14N2/c1-4-12(3)8-10-5-9(2)6-11-7-10/h4-7H,1,8H2,2-3H3. The molecule has 0 saturated carbocycles. The van der Waals surface area contributed by atoms with Gasteiger partial charge in [0.25, 0.3) is 0 Å². The lowest BCUT2D eigenvalue weighted by Crippen LogP contribution is -2.09. The van der Waals surface area contributed by atoms with Gasteiger partial charge in [0.1, 0.15) is 0 Å². The fourth-order valence-electron chi connectivity index (χ4n) is 1.06. The molecule has 64 valence electrons. The molecule has 0 aliphatic carbocycles. The van der Waals surface area contributed by atoms with Crippen LogP contribution in [0.5, 0.6) is 0 Å². The van der Waals surface area contributed by atoms with E-state index >= 15 is 0 Å². The summed E-state index contributed by atoms with van der Waals surface area (Å²) in [4.78, 5) is 6.13. The topological polar surface area (TPSA) is 16.1 Å². The largest absolute Gasteiger partial charge is 0.377 e. The van der Waals surface area contributed by atoms with Gasteiger partial charge in [-0.05, 0) is 24.3 Å². The Morgan fingerprint density at radius 3 is 2.92 bits per heavy atom. The van der Waals surface area contributed by atoms with E-state index in [1.54, 1.807) is 0 Å². The smallest absolute Gasteiger partial charge is 0.0435 e. The average molecular weight is 162 g/mol. The van der Waals surface area contributed by atoms with Gasteiger partial charge in [0.05, 0.1) is 0 Å². The third-order valence-corrected chi connectivity index (χ3v) is 1.68. The summed E-state index contributed by atoms with van der Waals surface area (Å²) in [5, 5.41) is 0. The molecule has 0 unspecified atom stereocenters. The first kappa shape index (κ1) is 8.78. The number of hydrogen-bond acceptors (Lipinski definition) is 2. The quantitative estimate of drug-likeness (QED) is 0.675. The zero-order valence-electron chi connectivity index (χ0n) is 7.62. The van der Waals surface area contributed by atoms with Gasteiger partial charge in [0.15, 0.2) is 0 Å². The number of aromatic nitrogens is 1. The minimum atomic E-state index is 0.873. The highest BCUT2D eigenvalue weighted by molar-refractivity contribution is 5.16. The number of rotatable bonds is 3. The molecule has 0 N–H and O–H groups in total. The Morgan fingerprint density at radius 2 is 2.33 bits per heavy atom. The van der Waals surface area contributed by atoms with Gasteiger partial charge < -0.3 is 4.90 Å². The van der Waals surface area contributed by atoms with Gasteiger partial charge in [-0.2, -0.15) is 0 Å². The van der Waals surface area contributed by atoms with Crippen LogP contribution >= 0.6 is 0 Å². The second-order valence-corrected chi connectivity index (χ2v) is 2.97. The van der Waals surface area contributed by atoms with E-state index in [0.29, 0.717) is 0 Å². The Balaban J connectivity index is 2.69. The Hall–Kier alpha value is -1.31. The van der Waals surface area contributed by atoms with Crippen molar-refractivity contribution in [1.82, 2.24) is 9.88 Å². The van der Waals surface area contributed by atoms with Crippen molar-refractivity contribution in [2.24, 2.45) is 0 Å². The zero-order valence-corrected chi connectivity index (χ0v) is 7.62.